The fraction of sp³-hybridized carbons (Fsp3) is 0.500. The van der Waals surface area contributed by atoms with E-state index in [0.717, 1.165) is 31.5 Å². The molecule has 0 unspecified atom stereocenters. The first-order chi connectivity index (χ1) is 7.65. The lowest BCUT2D eigenvalue weighted by molar-refractivity contribution is 0.226. The maximum atomic E-state index is 13.0. The molecule has 0 spiro atoms. The molecule has 0 saturated carbocycles. The smallest absolute Gasteiger partial charge is 0.159 e. The van der Waals surface area contributed by atoms with Gasteiger partial charge in [0.1, 0.15) is 0 Å². The third-order valence-corrected chi connectivity index (χ3v) is 3.82. The van der Waals surface area contributed by atoms with Gasteiger partial charge >= 0.3 is 0 Å². The van der Waals surface area contributed by atoms with Crippen LogP contribution in [0.2, 0.25) is 0 Å². The van der Waals surface area contributed by atoms with E-state index in [1.54, 1.807) is 6.07 Å². The van der Waals surface area contributed by atoms with Gasteiger partial charge in [-0.05, 0) is 43.6 Å². The SMILES string of the molecule is Fc1ccc(CN2CCC(Br)CC2)cc1F. The molecule has 4 heteroatoms. The van der Waals surface area contributed by atoms with Crippen LogP contribution in [0.3, 0.4) is 0 Å². The van der Waals surface area contributed by atoms with Crippen molar-refractivity contribution in [2.45, 2.75) is 24.2 Å². The molecule has 0 aliphatic carbocycles. The van der Waals surface area contributed by atoms with Crippen molar-refractivity contribution >= 4 is 15.9 Å². The molecule has 1 aromatic rings. The summed E-state index contributed by atoms with van der Waals surface area (Å²) in [4.78, 5) is 2.87. The predicted octanol–water partition coefficient (Wildman–Crippen LogP) is 3.32. The summed E-state index contributed by atoms with van der Waals surface area (Å²) in [7, 11) is 0. The Bertz CT molecular complexity index is 362. The highest BCUT2D eigenvalue weighted by atomic mass is 79.9. The topological polar surface area (TPSA) is 3.24 Å². The Labute approximate surface area is 103 Å². The number of hydrogen-bond donors (Lipinski definition) is 0. The van der Waals surface area contributed by atoms with Gasteiger partial charge in [0.05, 0.1) is 0 Å². The Kier molecular flexibility index (Phi) is 3.92. The monoisotopic (exact) mass is 289 g/mol. The largest absolute Gasteiger partial charge is 0.299 e. The standard InChI is InChI=1S/C12H14BrF2N/c13-10-3-5-16(6-4-10)8-9-1-2-11(14)12(15)7-9/h1-2,7,10H,3-6,8H2. The molecule has 0 bridgehead atoms. The second-order valence-corrected chi connectivity index (χ2v) is 5.49. The zero-order chi connectivity index (χ0) is 11.5. The van der Waals surface area contributed by atoms with E-state index < -0.39 is 11.6 Å². The molecule has 2 rings (SSSR count). The van der Waals surface area contributed by atoms with Crippen LogP contribution < -0.4 is 0 Å². The number of nitrogens with zero attached hydrogens (tertiary/aromatic N) is 1. The number of piperidine rings is 1. The summed E-state index contributed by atoms with van der Waals surface area (Å²) in [5.41, 5.74) is 0.840. The van der Waals surface area contributed by atoms with Gasteiger partial charge in [0.2, 0.25) is 0 Å². The van der Waals surface area contributed by atoms with Crippen LogP contribution in [0.5, 0.6) is 0 Å². The van der Waals surface area contributed by atoms with E-state index in [0.29, 0.717) is 11.4 Å². The molecular weight excluding hydrogens is 276 g/mol. The lowest BCUT2D eigenvalue weighted by Gasteiger charge is -2.29. The van der Waals surface area contributed by atoms with E-state index in [9.17, 15) is 8.78 Å². The van der Waals surface area contributed by atoms with Gasteiger partial charge < -0.3 is 0 Å². The lowest BCUT2D eigenvalue weighted by atomic mass is 10.1. The second kappa shape index (κ2) is 5.23. The van der Waals surface area contributed by atoms with Crippen molar-refractivity contribution in [1.82, 2.24) is 4.90 Å². The first-order valence-electron chi connectivity index (χ1n) is 5.45. The fourth-order valence-corrected chi connectivity index (χ4v) is 2.37. The summed E-state index contributed by atoms with van der Waals surface area (Å²) in [5.74, 6) is -1.53. The fourth-order valence-electron chi connectivity index (χ4n) is 1.96. The number of alkyl halides is 1. The molecule has 1 aliphatic heterocycles. The van der Waals surface area contributed by atoms with Gasteiger partial charge in [0.25, 0.3) is 0 Å². The summed E-state index contributed by atoms with van der Waals surface area (Å²) in [5, 5.41) is 0. The maximum Gasteiger partial charge on any atom is 0.159 e. The maximum absolute atomic E-state index is 13.0. The predicted molar refractivity (Wildman–Crippen MR) is 63.6 cm³/mol. The van der Waals surface area contributed by atoms with E-state index >= 15 is 0 Å². The number of likely N-dealkylation sites (tertiary alicyclic amines) is 1. The Hall–Kier alpha value is -0.480. The molecule has 88 valence electrons. The summed E-state index contributed by atoms with van der Waals surface area (Å²) >= 11 is 3.59. The molecule has 1 aromatic carbocycles. The van der Waals surface area contributed by atoms with E-state index in [-0.39, 0.29) is 0 Å². The normalized spacial score (nSPS) is 18.9. The third kappa shape index (κ3) is 3.01. The van der Waals surface area contributed by atoms with Gasteiger partial charge in [-0.25, -0.2) is 8.78 Å². The van der Waals surface area contributed by atoms with Crippen molar-refractivity contribution in [3.8, 4) is 0 Å². The van der Waals surface area contributed by atoms with Gasteiger partial charge in [-0.3, -0.25) is 4.90 Å². The van der Waals surface area contributed by atoms with Crippen molar-refractivity contribution < 1.29 is 8.78 Å². The summed E-state index contributed by atoms with van der Waals surface area (Å²) in [6.07, 6.45) is 2.23. The Balaban J connectivity index is 1.96. The molecule has 1 nitrogen and oxygen atoms in total. The molecule has 1 fully saturated rings. The zero-order valence-corrected chi connectivity index (χ0v) is 10.5. The van der Waals surface area contributed by atoms with Crippen LogP contribution in [0.4, 0.5) is 8.78 Å². The van der Waals surface area contributed by atoms with Crippen molar-refractivity contribution in [1.29, 1.82) is 0 Å². The summed E-state index contributed by atoms with van der Waals surface area (Å²) < 4.78 is 25.7. The second-order valence-electron chi connectivity index (χ2n) is 4.20. The Morgan fingerprint density at radius 3 is 2.50 bits per heavy atom. The van der Waals surface area contributed by atoms with E-state index in [2.05, 4.69) is 20.8 Å². The number of hydrogen-bond acceptors (Lipinski definition) is 1. The van der Waals surface area contributed by atoms with Crippen molar-refractivity contribution in [3.05, 3.63) is 35.4 Å². The van der Waals surface area contributed by atoms with Crippen LogP contribution in [0.25, 0.3) is 0 Å². The average molecular weight is 290 g/mol. The highest BCUT2D eigenvalue weighted by molar-refractivity contribution is 9.09. The molecule has 0 aromatic heterocycles. The lowest BCUT2D eigenvalue weighted by Crippen LogP contribution is -2.33. The summed E-state index contributed by atoms with van der Waals surface area (Å²) in [6, 6.07) is 4.14. The number of rotatable bonds is 2. The van der Waals surface area contributed by atoms with Crippen LogP contribution in [-0.2, 0) is 6.54 Å². The molecule has 1 aliphatic rings. The first kappa shape index (κ1) is 12.0. The van der Waals surface area contributed by atoms with Crippen molar-refractivity contribution in [2.24, 2.45) is 0 Å². The minimum atomic E-state index is -0.775. The molecule has 0 radical (unpaired) electrons. The van der Waals surface area contributed by atoms with E-state index in [1.807, 2.05) is 0 Å². The first-order valence-corrected chi connectivity index (χ1v) is 6.37. The van der Waals surface area contributed by atoms with Crippen LogP contribution in [0.15, 0.2) is 18.2 Å². The van der Waals surface area contributed by atoms with E-state index in [1.165, 1.54) is 12.1 Å². The zero-order valence-electron chi connectivity index (χ0n) is 8.93. The minimum Gasteiger partial charge on any atom is -0.299 e. The summed E-state index contributed by atoms with van der Waals surface area (Å²) in [6.45, 7) is 2.72. The molecule has 0 N–H and O–H groups in total. The van der Waals surface area contributed by atoms with E-state index in [4.69, 9.17) is 0 Å². The minimum absolute atomic E-state index is 0.605. The Morgan fingerprint density at radius 2 is 1.88 bits per heavy atom. The van der Waals surface area contributed by atoms with Gasteiger partial charge in [-0.2, -0.15) is 0 Å². The van der Waals surface area contributed by atoms with Crippen molar-refractivity contribution in [3.63, 3.8) is 0 Å². The van der Waals surface area contributed by atoms with Gasteiger partial charge in [-0.1, -0.05) is 22.0 Å². The third-order valence-electron chi connectivity index (χ3n) is 2.91. The van der Waals surface area contributed by atoms with Gasteiger partial charge in [0, 0.05) is 11.4 Å². The van der Waals surface area contributed by atoms with Gasteiger partial charge in [0.15, 0.2) is 11.6 Å². The van der Waals surface area contributed by atoms with Crippen molar-refractivity contribution in [2.75, 3.05) is 13.1 Å². The molecule has 1 heterocycles. The van der Waals surface area contributed by atoms with Crippen LogP contribution in [-0.4, -0.2) is 22.8 Å². The molecule has 1 saturated heterocycles. The van der Waals surface area contributed by atoms with Crippen LogP contribution >= 0.6 is 15.9 Å². The molecular formula is C12H14BrF2N. The highest BCUT2D eigenvalue weighted by Crippen LogP contribution is 2.19. The highest BCUT2D eigenvalue weighted by Gasteiger charge is 2.17. The van der Waals surface area contributed by atoms with Gasteiger partial charge in [-0.15, -0.1) is 0 Å². The molecule has 0 atom stereocenters. The quantitative estimate of drug-likeness (QED) is 0.755. The molecule has 16 heavy (non-hydrogen) atoms. The van der Waals surface area contributed by atoms with Crippen LogP contribution in [0.1, 0.15) is 18.4 Å². The Morgan fingerprint density at radius 1 is 1.19 bits per heavy atom. The number of halogens is 3. The average Bonchev–Trinajstić information content (AvgIpc) is 2.27. The number of benzene rings is 1. The molecule has 0 amide bonds. The van der Waals surface area contributed by atoms with Crippen LogP contribution in [0, 0.1) is 11.6 Å².